The van der Waals surface area contributed by atoms with Crippen molar-refractivity contribution in [2.45, 2.75) is 45.4 Å². The van der Waals surface area contributed by atoms with E-state index in [2.05, 4.69) is 31.2 Å². The summed E-state index contributed by atoms with van der Waals surface area (Å²) < 4.78 is 7.16. The largest absolute Gasteiger partial charge is 0.378 e. The number of rotatable bonds is 4. The molecule has 0 aromatic carbocycles. The first kappa shape index (κ1) is 13.1. The van der Waals surface area contributed by atoms with Crippen LogP contribution < -0.4 is 5.32 Å². The Kier molecular flexibility index (Phi) is 3.19. The predicted octanol–water partition coefficient (Wildman–Crippen LogP) is 1.20. The van der Waals surface area contributed by atoms with E-state index in [1.165, 1.54) is 0 Å². The summed E-state index contributed by atoms with van der Waals surface area (Å²) in [6.45, 7) is 6.60. The van der Waals surface area contributed by atoms with Gasteiger partial charge in [0.15, 0.2) is 0 Å². The molecule has 1 aromatic rings. The molecule has 2 atom stereocenters. The lowest BCUT2D eigenvalue weighted by Gasteiger charge is -2.59. The summed E-state index contributed by atoms with van der Waals surface area (Å²) in [6, 6.07) is 1.97. The topological polar surface area (TPSA) is 56.1 Å². The average molecular weight is 251 g/mol. The first-order chi connectivity index (χ1) is 8.39. The van der Waals surface area contributed by atoms with Gasteiger partial charge < -0.3 is 10.1 Å². The van der Waals surface area contributed by atoms with Crippen molar-refractivity contribution in [3.05, 3.63) is 18.5 Å². The molecule has 1 amide bonds. The van der Waals surface area contributed by atoms with Gasteiger partial charge in [-0.2, -0.15) is 5.10 Å². The van der Waals surface area contributed by atoms with E-state index < -0.39 is 0 Å². The zero-order valence-electron chi connectivity index (χ0n) is 11.4. The number of hydrogen-bond acceptors (Lipinski definition) is 3. The first-order valence-corrected chi connectivity index (χ1v) is 6.21. The number of nitrogens with zero attached hydrogens (tertiary/aromatic N) is 2. The van der Waals surface area contributed by atoms with Crippen LogP contribution in [0.25, 0.3) is 0 Å². The molecule has 1 fully saturated rings. The second kappa shape index (κ2) is 4.39. The van der Waals surface area contributed by atoms with Crippen LogP contribution in [-0.4, -0.2) is 34.4 Å². The molecule has 0 saturated heterocycles. The summed E-state index contributed by atoms with van der Waals surface area (Å²) in [5.74, 6) is -0.00470. The van der Waals surface area contributed by atoms with Crippen molar-refractivity contribution >= 4 is 5.91 Å². The molecule has 100 valence electrons. The van der Waals surface area contributed by atoms with Crippen LogP contribution in [0.2, 0.25) is 0 Å². The Morgan fingerprint density at radius 1 is 1.56 bits per heavy atom. The SMILES string of the molecule is CO[C@@]1(C)C[C@@H](NC(=O)Cn2cccn2)C1(C)C. The lowest BCUT2D eigenvalue weighted by atomic mass is 9.56. The third-order valence-corrected chi connectivity index (χ3v) is 4.48. The fourth-order valence-electron chi connectivity index (χ4n) is 2.50. The highest BCUT2D eigenvalue weighted by atomic mass is 16.5. The van der Waals surface area contributed by atoms with Crippen molar-refractivity contribution in [2.75, 3.05) is 7.11 Å². The molecule has 0 radical (unpaired) electrons. The van der Waals surface area contributed by atoms with Crippen LogP contribution in [0.1, 0.15) is 27.2 Å². The maximum absolute atomic E-state index is 11.9. The van der Waals surface area contributed by atoms with Crippen molar-refractivity contribution in [1.82, 2.24) is 15.1 Å². The molecule has 0 spiro atoms. The highest BCUT2D eigenvalue weighted by Gasteiger charge is 2.58. The lowest BCUT2D eigenvalue weighted by Crippen LogP contribution is -2.68. The quantitative estimate of drug-likeness (QED) is 0.875. The Labute approximate surface area is 108 Å². The van der Waals surface area contributed by atoms with Gasteiger partial charge in [-0.3, -0.25) is 9.48 Å². The highest BCUT2D eigenvalue weighted by Crippen LogP contribution is 2.51. The molecule has 1 N–H and O–H groups in total. The molecule has 5 heteroatoms. The molecule has 1 aliphatic carbocycles. The van der Waals surface area contributed by atoms with Gasteiger partial charge in [0.25, 0.3) is 0 Å². The summed E-state index contributed by atoms with van der Waals surface area (Å²) in [7, 11) is 1.73. The van der Waals surface area contributed by atoms with Crippen molar-refractivity contribution < 1.29 is 9.53 Å². The molecule has 0 aliphatic heterocycles. The number of carbonyl (C=O) groups excluding carboxylic acids is 1. The summed E-state index contributed by atoms with van der Waals surface area (Å²) >= 11 is 0. The number of nitrogens with one attached hydrogen (secondary N) is 1. The highest BCUT2D eigenvalue weighted by molar-refractivity contribution is 5.76. The Morgan fingerprint density at radius 3 is 2.78 bits per heavy atom. The van der Waals surface area contributed by atoms with Crippen LogP contribution in [0, 0.1) is 5.41 Å². The monoisotopic (exact) mass is 251 g/mol. The van der Waals surface area contributed by atoms with Gasteiger partial charge in [-0.15, -0.1) is 0 Å². The Balaban J connectivity index is 1.90. The van der Waals surface area contributed by atoms with E-state index in [-0.39, 0.29) is 29.5 Å². The van der Waals surface area contributed by atoms with Gasteiger partial charge in [-0.1, -0.05) is 13.8 Å². The molecule has 0 unspecified atom stereocenters. The number of ether oxygens (including phenoxy) is 1. The smallest absolute Gasteiger partial charge is 0.241 e. The van der Waals surface area contributed by atoms with Gasteiger partial charge in [0.05, 0.1) is 5.60 Å². The van der Waals surface area contributed by atoms with E-state index in [0.29, 0.717) is 0 Å². The Bertz CT molecular complexity index is 427. The van der Waals surface area contributed by atoms with Gasteiger partial charge in [-0.05, 0) is 19.4 Å². The maximum atomic E-state index is 11.9. The minimum absolute atomic E-state index is 0.00470. The molecular weight excluding hydrogens is 230 g/mol. The van der Waals surface area contributed by atoms with Gasteiger partial charge in [-0.25, -0.2) is 0 Å². The van der Waals surface area contributed by atoms with Crippen molar-refractivity contribution in [3.63, 3.8) is 0 Å². The summed E-state index contributed by atoms with van der Waals surface area (Å²) in [4.78, 5) is 11.9. The fraction of sp³-hybridized carbons (Fsp3) is 0.692. The predicted molar refractivity (Wildman–Crippen MR) is 68.0 cm³/mol. The first-order valence-electron chi connectivity index (χ1n) is 6.21. The van der Waals surface area contributed by atoms with Gasteiger partial charge in [0, 0.05) is 31.0 Å². The molecule has 1 aliphatic rings. The molecular formula is C13H21N3O2. The van der Waals surface area contributed by atoms with E-state index in [9.17, 15) is 4.79 Å². The van der Waals surface area contributed by atoms with Crippen LogP contribution in [0.3, 0.4) is 0 Å². The van der Waals surface area contributed by atoms with E-state index in [4.69, 9.17) is 4.74 Å². The van der Waals surface area contributed by atoms with Gasteiger partial charge in [0.2, 0.25) is 5.91 Å². The standard InChI is InChI=1S/C13H21N3O2/c1-12(2)10(8-13(12,3)18-4)15-11(17)9-16-7-5-6-14-16/h5-7,10H,8-9H2,1-4H3,(H,15,17)/t10-,13+/m1/s1. The van der Waals surface area contributed by atoms with Crippen LogP contribution >= 0.6 is 0 Å². The van der Waals surface area contributed by atoms with Crippen LogP contribution in [0.15, 0.2) is 18.5 Å². The number of methoxy groups -OCH3 is 1. The number of amides is 1. The molecule has 1 aromatic heterocycles. The molecule has 1 heterocycles. The minimum Gasteiger partial charge on any atom is -0.378 e. The molecule has 18 heavy (non-hydrogen) atoms. The average Bonchev–Trinajstić information content (AvgIpc) is 2.80. The van der Waals surface area contributed by atoms with Crippen LogP contribution in [-0.2, 0) is 16.1 Å². The maximum Gasteiger partial charge on any atom is 0.241 e. The number of carbonyl (C=O) groups is 1. The van der Waals surface area contributed by atoms with Gasteiger partial charge >= 0.3 is 0 Å². The van der Waals surface area contributed by atoms with Crippen LogP contribution in [0.4, 0.5) is 0 Å². The van der Waals surface area contributed by atoms with Crippen LogP contribution in [0.5, 0.6) is 0 Å². The second-order valence-corrected chi connectivity index (χ2v) is 5.68. The summed E-state index contributed by atoms with van der Waals surface area (Å²) in [5, 5.41) is 7.07. The second-order valence-electron chi connectivity index (χ2n) is 5.68. The molecule has 2 rings (SSSR count). The normalized spacial score (nSPS) is 29.7. The van der Waals surface area contributed by atoms with Gasteiger partial charge in [0.1, 0.15) is 6.54 Å². The van der Waals surface area contributed by atoms with Crippen molar-refractivity contribution in [3.8, 4) is 0 Å². The number of hydrogen-bond donors (Lipinski definition) is 1. The van der Waals surface area contributed by atoms with E-state index in [0.717, 1.165) is 6.42 Å². The Hall–Kier alpha value is -1.36. The lowest BCUT2D eigenvalue weighted by molar-refractivity contribution is -0.182. The Morgan fingerprint density at radius 2 is 2.28 bits per heavy atom. The molecule has 0 bridgehead atoms. The minimum atomic E-state index is -0.156. The third kappa shape index (κ3) is 2.03. The summed E-state index contributed by atoms with van der Waals surface area (Å²) in [6.07, 6.45) is 4.30. The van der Waals surface area contributed by atoms with E-state index in [1.54, 1.807) is 24.2 Å². The zero-order chi connectivity index (χ0) is 13.4. The van der Waals surface area contributed by atoms with E-state index in [1.807, 2.05) is 6.07 Å². The fourth-order valence-corrected chi connectivity index (χ4v) is 2.50. The third-order valence-electron chi connectivity index (χ3n) is 4.48. The van der Waals surface area contributed by atoms with Crippen molar-refractivity contribution in [1.29, 1.82) is 0 Å². The summed E-state index contributed by atoms with van der Waals surface area (Å²) in [5.41, 5.74) is -0.210. The van der Waals surface area contributed by atoms with E-state index >= 15 is 0 Å². The zero-order valence-corrected chi connectivity index (χ0v) is 11.4. The molecule has 1 saturated carbocycles. The number of aromatic nitrogens is 2. The molecule has 5 nitrogen and oxygen atoms in total. The van der Waals surface area contributed by atoms with Crippen molar-refractivity contribution in [2.24, 2.45) is 5.41 Å².